The zero-order chi connectivity index (χ0) is 23.9. The molecule has 3 aliphatic rings. The summed E-state index contributed by atoms with van der Waals surface area (Å²) in [5.74, 6) is 2.29. The zero-order valence-corrected chi connectivity index (χ0v) is 23.3. The predicted molar refractivity (Wildman–Crippen MR) is 139 cm³/mol. The van der Waals surface area contributed by atoms with Gasteiger partial charge in [0.15, 0.2) is 8.24 Å². The van der Waals surface area contributed by atoms with Gasteiger partial charge >= 0.3 is 0 Å². The molecule has 0 spiro atoms. The number of methoxy groups -OCH3 is 1. The predicted octanol–water partition coefficient (Wildman–Crippen LogP) is 6.63. The third-order valence-electron chi connectivity index (χ3n) is 8.35. The molecule has 0 radical (unpaired) electrons. The first kappa shape index (κ1) is 23.8. The van der Waals surface area contributed by atoms with E-state index < -0.39 is 8.24 Å². The van der Waals surface area contributed by atoms with Crippen LogP contribution in [0.1, 0.15) is 58.6 Å². The van der Waals surface area contributed by atoms with Gasteiger partial charge in [0.25, 0.3) is 0 Å². The lowest BCUT2D eigenvalue weighted by Crippen LogP contribution is -2.71. The number of benzene rings is 1. The Morgan fingerprint density at radius 1 is 1.06 bits per heavy atom. The normalized spacial score (nSPS) is 26.9. The summed E-state index contributed by atoms with van der Waals surface area (Å²) in [6, 6.07) is 6.67. The van der Waals surface area contributed by atoms with E-state index in [0.717, 1.165) is 15.9 Å². The van der Waals surface area contributed by atoms with Crippen LogP contribution in [0, 0.1) is 11.8 Å². The van der Waals surface area contributed by atoms with Gasteiger partial charge in [0.2, 0.25) is 0 Å². The first-order valence-corrected chi connectivity index (χ1v) is 15.4. The number of rotatable bonds is 4. The molecule has 0 aliphatic heterocycles. The molecule has 0 heterocycles. The van der Waals surface area contributed by atoms with Crippen LogP contribution in [0.3, 0.4) is 0 Å². The lowest BCUT2D eigenvalue weighted by molar-refractivity contribution is -0.978. The van der Waals surface area contributed by atoms with Crippen molar-refractivity contribution >= 4 is 13.8 Å². The van der Waals surface area contributed by atoms with E-state index in [1.54, 1.807) is 12.7 Å². The van der Waals surface area contributed by atoms with Gasteiger partial charge in [-0.05, 0) is 79.0 Å². The van der Waals surface area contributed by atoms with Crippen molar-refractivity contribution in [2.45, 2.75) is 77.0 Å². The highest BCUT2D eigenvalue weighted by molar-refractivity contribution is 6.76. The molecule has 3 unspecified atom stereocenters. The van der Waals surface area contributed by atoms with Gasteiger partial charge in [-0.3, -0.25) is 4.59 Å². The van der Waals surface area contributed by atoms with Gasteiger partial charge in [0.05, 0.1) is 33.8 Å². The Balaban J connectivity index is 1.76. The number of quaternary nitrogens is 1. The van der Waals surface area contributed by atoms with Gasteiger partial charge in [-0.25, -0.2) is 0 Å². The molecular weight excluding hydrogens is 408 g/mol. The highest BCUT2D eigenvalue weighted by atomic mass is 28.3. The molecule has 3 nitrogen and oxygen atoms in total. The van der Waals surface area contributed by atoms with Crippen LogP contribution in [0.5, 0.6) is 5.75 Å². The van der Waals surface area contributed by atoms with E-state index in [2.05, 4.69) is 104 Å². The van der Waals surface area contributed by atoms with Gasteiger partial charge in [-0.1, -0.05) is 51.6 Å². The van der Waals surface area contributed by atoms with Crippen molar-refractivity contribution in [1.29, 1.82) is 0 Å². The third kappa shape index (κ3) is 3.54. The minimum absolute atomic E-state index is 0.0311. The van der Waals surface area contributed by atoms with Gasteiger partial charge in [-0.15, -0.1) is 0 Å². The molecular formula is C28H45N2OSi+. The Morgan fingerprint density at radius 2 is 1.72 bits per heavy atom. The van der Waals surface area contributed by atoms with Crippen molar-refractivity contribution in [3.8, 4) is 5.75 Å². The summed E-state index contributed by atoms with van der Waals surface area (Å²) < 4.78 is 9.34. The lowest BCUT2D eigenvalue weighted by atomic mass is 9.76. The summed E-state index contributed by atoms with van der Waals surface area (Å²) in [6.45, 7) is 17.3. The Hall–Kier alpha value is -1.36. The molecule has 0 bridgehead atoms. The summed E-state index contributed by atoms with van der Waals surface area (Å²) in [4.78, 5) is 0. The molecule has 1 fully saturated rings. The highest BCUT2D eigenvalue weighted by Crippen LogP contribution is 2.59. The van der Waals surface area contributed by atoms with Crippen LogP contribution in [0.15, 0.2) is 35.9 Å². The van der Waals surface area contributed by atoms with E-state index in [-0.39, 0.29) is 11.0 Å². The number of allylic oxidation sites excluding steroid dienone is 4. The Bertz CT molecular complexity index is 960. The largest absolute Gasteiger partial charge is 0.497 e. The van der Waals surface area contributed by atoms with E-state index in [4.69, 9.17) is 4.74 Å². The molecule has 4 rings (SSSR count). The third-order valence-corrected chi connectivity index (χ3v) is 13.2. The minimum Gasteiger partial charge on any atom is -0.497 e. The fraction of sp³-hybridized carbons (Fsp3) is 0.643. The highest BCUT2D eigenvalue weighted by Gasteiger charge is 2.56. The van der Waals surface area contributed by atoms with Gasteiger partial charge in [0.1, 0.15) is 5.75 Å². The van der Waals surface area contributed by atoms with Crippen LogP contribution >= 0.6 is 0 Å². The van der Waals surface area contributed by atoms with Gasteiger partial charge in [-0.2, -0.15) is 4.67 Å². The van der Waals surface area contributed by atoms with Gasteiger partial charge in [0, 0.05) is 5.41 Å². The molecule has 4 heteroatoms. The van der Waals surface area contributed by atoms with Crippen molar-refractivity contribution in [1.82, 2.24) is 4.67 Å². The van der Waals surface area contributed by atoms with Crippen molar-refractivity contribution in [3.63, 3.8) is 0 Å². The number of hydrogen-bond donors (Lipinski definition) is 0. The molecule has 0 amide bonds. The minimum atomic E-state index is -1.75. The maximum Gasteiger partial charge on any atom is 0.191 e. The molecule has 0 saturated heterocycles. The Labute approximate surface area is 197 Å². The summed E-state index contributed by atoms with van der Waals surface area (Å²) in [6.07, 6.45) is 8.04. The van der Waals surface area contributed by atoms with Crippen LogP contribution in [0.2, 0.25) is 18.6 Å². The summed E-state index contributed by atoms with van der Waals surface area (Å²) in [7, 11) is 7.08. The fourth-order valence-electron chi connectivity index (χ4n) is 7.92. The van der Waals surface area contributed by atoms with Gasteiger partial charge < -0.3 is 4.74 Å². The maximum atomic E-state index is 5.57. The van der Waals surface area contributed by atoms with E-state index in [0.29, 0.717) is 11.8 Å². The second-order valence-electron chi connectivity index (χ2n) is 13.2. The average Bonchev–Trinajstić information content (AvgIpc) is 3.15. The molecule has 1 saturated carbocycles. The molecule has 0 aromatic heterocycles. The number of fused-ring (bicyclic) bond motifs is 4. The summed E-state index contributed by atoms with van der Waals surface area (Å²) in [5, 5.41) is 0. The van der Waals surface area contributed by atoms with E-state index in [1.807, 2.05) is 0 Å². The van der Waals surface area contributed by atoms with Crippen LogP contribution < -0.4 is 4.74 Å². The second kappa shape index (κ2) is 7.32. The van der Waals surface area contributed by atoms with E-state index in [9.17, 15) is 0 Å². The molecule has 32 heavy (non-hydrogen) atoms. The standard InChI is InChI=1S/C28H45N2OSi/c1-27(2,3)29(30(6,7)8)32(10,11)26-15-12-19-16-23-21-14-13-20(31-9)17-24(21)28(4,5)25(23)18-22(19)26/h13-14,16-19,22,26H,12,15H2,1-11H3/q+1. The number of ether oxygens (including phenoxy) is 1. The van der Waals surface area contributed by atoms with Crippen molar-refractivity contribution in [2.75, 3.05) is 28.3 Å². The number of nitrogens with zero attached hydrogens (tertiary/aromatic N) is 2. The molecule has 1 aromatic carbocycles. The molecule has 1 aromatic rings. The van der Waals surface area contributed by atoms with Crippen molar-refractivity contribution < 1.29 is 9.33 Å². The first-order chi connectivity index (χ1) is 14.6. The van der Waals surface area contributed by atoms with E-state index >= 15 is 0 Å². The molecule has 3 atom stereocenters. The Kier molecular flexibility index (Phi) is 5.44. The SMILES string of the molecule is COc1ccc2c(c1)C(C)(C)C1=CC3C(C=C12)CCC3[Si](C)(C)N(C(C)(C)C)[N+](C)(C)C. The summed E-state index contributed by atoms with van der Waals surface area (Å²) in [5.41, 5.74) is 6.83. The van der Waals surface area contributed by atoms with Crippen molar-refractivity contribution in [3.05, 3.63) is 47.1 Å². The monoisotopic (exact) mass is 453 g/mol. The lowest BCUT2D eigenvalue weighted by Gasteiger charge is -2.55. The molecule has 176 valence electrons. The maximum absolute atomic E-state index is 5.57. The molecule has 0 N–H and O–H groups in total. The zero-order valence-electron chi connectivity index (χ0n) is 22.3. The van der Waals surface area contributed by atoms with Crippen LogP contribution in [0.25, 0.3) is 5.57 Å². The topological polar surface area (TPSA) is 12.5 Å². The van der Waals surface area contributed by atoms with Crippen molar-refractivity contribution in [2.24, 2.45) is 11.8 Å². The molecule has 3 aliphatic carbocycles. The van der Waals surface area contributed by atoms with Crippen LogP contribution in [-0.4, -0.2) is 51.3 Å². The average molecular weight is 454 g/mol. The first-order valence-electron chi connectivity index (χ1n) is 12.4. The summed E-state index contributed by atoms with van der Waals surface area (Å²) >= 11 is 0. The smallest absolute Gasteiger partial charge is 0.191 e. The number of hydrogen-bond acceptors (Lipinski definition) is 2. The van der Waals surface area contributed by atoms with Crippen LogP contribution in [0.4, 0.5) is 0 Å². The quantitative estimate of drug-likeness (QED) is 0.288. The fourth-order valence-corrected chi connectivity index (χ4v) is 13.7. The van der Waals surface area contributed by atoms with Crippen LogP contribution in [-0.2, 0) is 5.41 Å². The Morgan fingerprint density at radius 3 is 2.28 bits per heavy atom. The second-order valence-corrected chi connectivity index (χ2v) is 17.7. The van der Waals surface area contributed by atoms with E-state index in [1.165, 1.54) is 29.5 Å².